The van der Waals surface area contributed by atoms with Gasteiger partial charge in [0.15, 0.2) is 0 Å². The summed E-state index contributed by atoms with van der Waals surface area (Å²) in [5, 5.41) is 9.75. The van der Waals surface area contributed by atoms with Crippen LogP contribution in [0.4, 0.5) is 0 Å². The number of benzene rings is 2. The summed E-state index contributed by atoms with van der Waals surface area (Å²) in [5.41, 5.74) is 6.45. The lowest BCUT2D eigenvalue weighted by atomic mass is 9.80. The Balaban J connectivity index is 1.50. The molecule has 0 saturated heterocycles. The van der Waals surface area contributed by atoms with Crippen LogP contribution >= 0.6 is 0 Å². The molecule has 0 spiro atoms. The first-order valence-electron chi connectivity index (χ1n) is 14.3. The average molecular weight is 544 g/mol. The molecule has 2 aliphatic rings. The summed E-state index contributed by atoms with van der Waals surface area (Å²) < 4.78 is 18.2. The second-order valence-corrected chi connectivity index (χ2v) is 12.4. The molecule has 1 aliphatic heterocycles. The molecular weight excluding hydrogens is 502 g/mol. The van der Waals surface area contributed by atoms with Crippen molar-refractivity contribution in [1.29, 1.82) is 0 Å². The molecule has 6 nitrogen and oxygen atoms in total. The predicted molar refractivity (Wildman–Crippen MR) is 156 cm³/mol. The number of carboxylic acids is 1. The second-order valence-electron chi connectivity index (χ2n) is 12.4. The zero-order chi connectivity index (χ0) is 28.6. The summed E-state index contributed by atoms with van der Waals surface area (Å²) in [6.07, 6.45) is 5.50. The number of aryl methyl sites for hydroxylation is 1. The van der Waals surface area contributed by atoms with Crippen LogP contribution in [-0.2, 0) is 16.0 Å². The van der Waals surface area contributed by atoms with E-state index in [4.69, 9.17) is 14.2 Å². The van der Waals surface area contributed by atoms with Gasteiger partial charge in [0.25, 0.3) is 0 Å². The van der Waals surface area contributed by atoms with E-state index in [-0.39, 0.29) is 23.5 Å². The summed E-state index contributed by atoms with van der Waals surface area (Å²) in [4.78, 5) is 16.2. The van der Waals surface area contributed by atoms with Crippen molar-refractivity contribution in [2.45, 2.75) is 71.5 Å². The molecule has 1 fully saturated rings. The Labute approximate surface area is 237 Å². The highest BCUT2D eigenvalue weighted by molar-refractivity contribution is 5.71. The van der Waals surface area contributed by atoms with Crippen LogP contribution in [0, 0.1) is 17.3 Å². The molecule has 212 valence electrons. The number of rotatable bonds is 9. The van der Waals surface area contributed by atoms with Gasteiger partial charge in [-0.1, -0.05) is 52.0 Å². The highest BCUT2D eigenvalue weighted by Gasteiger charge is 2.39. The van der Waals surface area contributed by atoms with E-state index >= 15 is 0 Å². The topological polar surface area (TPSA) is 77.9 Å². The third-order valence-electron chi connectivity index (χ3n) is 8.49. The summed E-state index contributed by atoms with van der Waals surface area (Å²) in [6.45, 7) is 8.40. The number of hydrogen-bond acceptors (Lipinski definition) is 5. The molecular formula is C34H41NO5. The van der Waals surface area contributed by atoms with Gasteiger partial charge in [-0.15, -0.1) is 0 Å². The lowest BCUT2D eigenvalue weighted by molar-refractivity contribution is -0.142. The van der Waals surface area contributed by atoms with Gasteiger partial charge in [0, 0.05) is 19.4 Å². The van der Waals surface area contributed by atoms with Gasteiger partial charge in [0.2, 0.25) is 5.88 Å². The van der Waals surface area contributed by atoms with Gasteiger partial charge < -0.3 is 19.3 Å². The summed E-state index contributed by atoms with van der Waals surface area (Å²) in [7, 11) is 3.39. The molecule has 1 aliphatic carbocycles. The summed E-state index contributed by atoms with van der Waals surface area (Å²) in [6, 6.07) is 16.9. The number of carbonyl (C=O) groups is 1. The van der Waals surface area contributed by atoms with Gasteiger partial charge >= 0.3 is 5.97 Å². The molecule has 1 aromatic heterocycles. The first-order chi connectivity index (χ1) is 19.1. The van der Waals surface area contributed by atoms with Crippen molar-refractivity contribution in [3.63, 3.8) is 0 Å². The molecule has 1 saturated carbocycles. The van der Waals surface area contributed by atoms with Crippen LogP contribution < -0.4 is 9.47 Å². The van der Waals surface area contributed by atoms with Gasteiger partial charge in [-0.2, -0.15) is 0 Å². The highest BCUT2D eigenvalue weighted by Crippen LogP contribution is 2.49. The van der Waals surface area contributed by atoms with Crippen LogP contribution in [0.1, 0.15) is 87.3 Å². The largest absolute Gasteiger partial charge is 0.485 e. The Morgan fingerprint density at radius 2 is 1.82 bits per heavy atom. The van der Waals surface area contributed by atoms with E-state index in [1.165, 1.54) is 5.56 Å². The number of aliphatic carboxylic acids is 1. The van der Waals surface area contributed by atoms with Crippen molar-refractivity contribution in [3.8, 4) is 22.8 Å². The van der Waals surface area contributed by atoms with Gasteiger partial charge in [0.1, 0.15) is 11.9 Å². The third kappa shape index (κ3) is 5.73. The number of fused-ring (bicyclic) bond motifs is 1. The van der Waals surface area contributed by atoms with Crippen molar-refractivity contribution in [3.05, 3.63) is 77.0 Å². The molecule has 2 unspecified atom stereocenters. The minimum atomic E-state index is -0.737. The van der Waals surface area contributed by atoms with Gasteiger partial charge in [0.05, 0.1) is 19.1 Å². The molecule has 0 amide bonds. The monoisotopic (exact) mass is 543 g/mol. The summed E-state index contributed by atoms with van der Waals surface area (Å²) in [5.74, 6) is 0.746. The van der Waals surface area contributed by atoms with E-state index in [1.807, 2.05) is 19.1 Å². The van der Waals surface area contributed by atoms with Crippen LogP contribution in [0.25, 0.3) is 11.1 Å². The van der Waals surface area contributed by atoms with Crippen molar-refractivity contribution in [1.82, 2.24) is 4.98 Å². The van der Waals surface area contributed by atoms with Crippen LogP contribution in [0.5, 0.6) is 11.6 Å². The van der Waals surface area contributed by atoms with E-state index in [1.54, 1.807) is 20.4 Å². The molecule has 2 aromatic carbocycles. The maximum atomic E-state index is 11.9. The fourth-order valence-electron chi connectivity index (χ4n) is 6.30. The smallest absolute Gasteiger partial charge is 0.306 e. The van der Waals surface area contributed by atoms with Gasteiger partial charge in [-0.3, -0.25) is 4.79 Å². The van der Waals surface area contributed by atoms with E-state index in [9.17, 15) is 9.90 Å². The molecule has 2 heterocycles. The molecule has 0 radical (unpaired) electrons. The van der Waals surface area contributed by atoms with E-state index in [0.717, 1.165) is 59.3 Å². The number of methoxy groups -OCH3 is 2. The second kappa shape index (κ2) is 11.2. The maximum absolute atomic E-state index is 11.9. The first-order valence-corrected chi connectivity index (χ1v) is 14.3. The Bertz CT molecular complexity index is 1370. The number of ether oxygens (including phenoxy) is 3. The van der Waals surface area contributed by atoms with Crippen molar-refractivity contribution in [2.75, 3.05) is 14.2 Å². The Morgan fingerprint density at radius 3 is 2.48 bits per heavy atom. The minimum absolute atomic E-state index is 0.0178. The van der Waals surface area contributed by atoms with E-state index < -0.39 is 11.9 Å². The fraction of sp³-hybridized carbons (Fsp3) is 0.471. The number of carboxylic acid groups (broad SMARTS) is 1. The standard InChI is InChI=1S/C34H41NO5/c1-20(33(36)37)31(22-8-9-22)25-10-7-21-12-14-28(40-29(21)18-25)24-11-13-26(23-15-16-35-30(19-23)38-5)27(17-24)32(39-6)34(2,3)4/h7,10-11,13,15-20,22,28,31-32H,8-9,12,14H2,1-6H3,(H,36,37)/t20-,28?,31-,32?/m0/s1. The average Bonchev–Trinajstić information content (AvgIpc) is 3.77. The van der Waals surface area contributed by atoms with Crippen LogP contribution in [-0.4, -0.2) is 30.3 Å². The Morgan fingerprint density at radius 1 is 1.05 bits per heavy atom. The Hall–Kier alpha value is -3.38. The van der Waals surface area contributed by atoms with Crippen molar-refractivity contribution >= 4 is 5.97 Å². The predicted octanol–water partition coefficient (Wildman–Crippen LogP) is 7.77. The van der Waals surface area contributed by atoms with Crippen LogP contribution in [0.2, 0.25) is 0 Å². The number of aromatic nitrogens is 1. The normalized spacial score (nSPS) is 19.2. The molecule has 40 heavy (non-hydrogen) atoms. The van der Waals surface area contributed by atoms with E-state index in [0.29, 0.717) is 11.8 Å². The maximum Gasteiger partial charge on any atom is 0.306 e. The first kappa shape index (κ1) is 28.2. The summed E-state index contributed by atoms with van der Waals surface area (Å²) >= 11 is 0. The zero-order valence-corrected chi connectivity index (χ0v) is 24.4. The number of pyridine rings is 1. The lowest BCUT2D eigenvalue weighted by Crippen LogP contribution is -2.22. The fourth-order valence-corrected chi connectivity index (χ4v) is 6.30. The highest BCUT2D eigenvalue weighted by atomic mass is 16.5. The third-order valence-corrected chi connectivity index (χ3v) is 8.49. The van der Waals surface area contributed by atoms with Crippen LogP contribution in [0.15, 0.2) is 54.7 Å². The van der Waals surface area contributed by atoms with E-state index in [2.05, 4.69) is 62.2 Å². The molecule has 3 aromatic rings. The zero-order valence-electron chi connectivity index (χ0n) is 24.4. The lowest BCUT2D eigenvalue weighted by Gasteiger charge is -2.33. The molecule has 5 rings (SSSR count). The molecule has 1 N–H and O–H groups in total. The number of hydrogen-bond donors (Lipinski definition) is 1. The van der Waals surface area contributed by atoms with Gasteiger partial charge in [-0.05, 0) is 94.5 Å². The van der Waals surface area contributed by atoms with Gasteiger partial charge in [-0.25, -0.2) is 4.98 Å². The van der Waals surface area contributed by atoms with Crippen LogP contribution in [0.3, 0.4) is 0 Å². The Kier molecular flexibility index (Phi) is 7.92. The quantitative estimate of drug-likeness (QED) is 0.297. The molecule has 4 atom stereocenters. The molecule has 6 heteroatoms. The minimum Gasteiger partial charge on any atom is -0.485 e. The van der Waals surface area contributed by atoms with Crippen molar-refractivity contribution < 1.29 is 24.1 Å². The van der Waals surface area contributed by atoms with Crippen molar-refractivity contribution in [2.24, 2.45) is 17.3 Å². The SMILES string of the molecule is COc1cc(-c2ccc(C3CCc4ccc([C@H](C5CC5)[C@H](C)C(=O)O)cc4O3)cc2C(OC)C(C)(C)C)ccn1. The number of nitrogens with zero attached hydrogens (tertiary/aromatic N) is 1. The molecule has 0 bridgehead atoms.